The van der Waals surface area contributed by atoms with Gasteiger partial charge in [0, 0.05) is 11.1 Å². The smallest absolute Gasteiger partial charge is 0.0673 e. The Morgan fingerprint density at radius 1 is 1.14 bits per heavy atom. The van der Waals surface area contributed by atoms with Crippen molar-refractivity contribution in [2.75, 3.05) is 0 Å². The zero-order valence-electron chi connectivity index (χ0n) is 9.09. The van der Waals surface area contributed by atoms with Gasteiger partial charge in [0.1, 0.15) is 0 Å². The lowest BCUT2D eigenvalue weighted by Crippen LogP contribution is -2.23. The summed E-state index contributed by atoms with van der Waals surface area (Å²) in [4.78, 5) is 4.58. The van der Waals surface area contributed by atoms with Crippen LogP contribution in [-0.4, -0.2) is 5.71 Å². The Morgan fingerprint density at radius 3 is 2.36 bits per heavy atom. The van der Waals surface area contributed by atoms with Gasteiger partial charge in [-0.25, -0.2) is 0 Å². The summed E-state index contributed by atoms with van der Waals surface area (Å²) in [6, 6.07) is 6.33. The molecule has 0 saturated carbocycles. The molecule has 0 N–H and O–H groups in total. The van der Waals surface area contributed by atoms with Crippen LogP contribution in [0.5, 0.6) is 0 Å². The molecule has 0 spiro atoms. The van der Waals surface area contributed by atoms with Crippen molar-refractivity contribution in [3.8, 4) is 0 Å². The Bertz CT molecular complexity index is 391. The molecule has 2 rings (SSSR count). The van der Waals surface area contributed by atoms with Gasteiger partial charge < -0.3 is 0 Å². The summed E-state index contributed by atoms with van der Waals surface area (Å²) in [6.07, 6.45) is 0. The summed E-state index contributed by atoms with van der Waals surface area (Å²) in [7, 11) is 0. The lowest BCUT2D eigenvalue weighted by molar-refractivity contribution is 0.727. The molecule has 1 aromatic carbocycles. The Hall–Kier alpha value is -0.380. The molecular formula is C12H16IN. The molecule has 0 radical (unpaired) electrons. The number of rotatable bonds is 0. The highest BCUT2D eigenvalue weighted by Crippen LogP contribution is 2.41. The molecular weight excluding hydrogens is 285 g/mol. The lowest BCUT2D eigenvalue weighted by Gasteiger charge is -2.21. The van der Waals surface area contributed by atoms with Crippen LogP contribution in [0.4, 0.5) is 5.69 Å². The van der Waals surface area contributed by atoms with Crippen LogP contribution in [-0.2, 0) is 5.41 Å². The first-order chi connectivity index (χ1) is 6.03. The third-order valence-corrected chi connectivity index (χ3v) is 3.07. The SMILES string of the molecule is CC1=Nc2cccc(C)c2C1(C)C.I. The fourth-order valence-electron chi connectivity index (χ4n) is 2.06. The minimum atomic E-state index is 0. The number of hydrogen-bond donors (Lipinski definition) is 0. The van der Waals surface area contributed by atoms with E-state index in [4.69, 9.17) is 0 Å². The summed E-state index contributed by atoms with van der Waals surface area (Å²) >= 11 is 0. The van der Waals surface area contributed by atoms with Gasteiger partial charge in [-0.2, -0.15) is 0 Å². The van der Waals surface area contributed by atoms with E-state index in [-0.39, 0.29) is 29.4 Å². The second-order valence-electron chi connectivity index (χ2n) is 4.29. The van der Waals surface area contributed by atoms with Crippen LogP contribution in [0.25, 0.3) is 0 Å². The molecule has 0 aliphatic carbocycles. The number of aliphatic imine (C=N–C) groups is 1. The van der Waals surface area contributed by atoms with Crippen molar-refractivity contribution >= 4 is 35.4 Å². The van der Waals surface area contributed by atoms with Crippen LogP contribution < -0.4 is 0 Å². The molecule has 0 aromatic heterocycles. The number of benzene rings is 1. The maximum atomic E-state index is 4.58. The summed E-state index contributed by atoms with van der Waals surface area (Å²) in [5.41, 5.74) is 5.25. The molecule has 76 valence electrons. The minimum Gasteiger partial charge on any atom is -0.257 e. The van der Waals surface area contributed by atoms with Crippen LogP contribution in [0.1, 0.15) is 31.9 Å². The second kappa shape index (κ2) is 3.65. The third kappa shape index (κ3) is 1.49. The number of fused-ring (bicyclic) bond motifs is 1. The van der Waals surface area contributed by atoms with Crippen molar-refractivity contribution in [1.29, 1.82) is 0 Å². The van der Waals surface area contributed by atoms with Crippen molar-refractivity contribution in [3.63, 3.8) is 0 Å². The Balaban J connectivity index is 0.000000980. The summed E-state index contributed by atoms with van der Waals surface area (Å²) in [6.45, 7) is 8.75. The summed E-state index contributed by atoms with van der Waals surface area (Å²) in [5, 5.41) is 0. The van der Waals surface area contributed by atoms with E-state index in [0.29, 0.717) is 0 Å². The van der Waals surface area contributed by atoms with E-state index in [0.717, 1.165) is 5.69 Å². The monoisotopic (exact) mass is 301 g/mol. The number of nitrogens with zero attached hydrogens (tertiary/aromatic N) is 1. The first kappa shape index (κ1) is 11.7. The van der Waals surface area contributed by atoms with Gasteiger partial charge >= 0.3 is 0 Å². The number of halogens is 1. The van der Waals surface area contributed by atoms with Gasteiger partial charge in [-0.1, -0.05) is 26.0 Å². The van der Waals surface area contributed by atoms with E-state index >= 15 is 0 Å². The highest BCUT2D eigenvalue weighted by atomic mass is 127. The van der Waals surface area contributed by atoms with Crippen molar-refractivity contribution in [3.05, 3.63) is 29.3 Å². The molecule has 0 unspecified atom stereocenters. The van der Waals surface area contributed by atoms with Crippen LogP contribution in [0.2, 0.25) is 0 Å². The predicted octanol–water partition coefficient (Wildman–Crippen LogP) is 4.00. The fourth-order valence-corrected chi connectivity index (χ4v) is 2.06. The van der Waals surface area contributed by atoms with E-state index in [1.165, 1.54) is 16.8 Å². The van der Waals surface area contributed by atoms with Crippen molar-refractivity contribution in [2.45, 2.75) is 33.1 Å². The molecule has 0 saturated heterocycles. The number of aryl methyl sites for hydroxylation is 1. The lowest BCUT2D eigenvalue weighted by atomic mass is 9.80. The van der Waals surface area contributed by atoms with Gasteiger partial charge in [0.2, 0.25) is 0 Å². The third-order valence-electron chi connectivity index (χ3n) is 3.07. The standard InChI is InChI=1S/C12H15N.HI/c1-8-6-5-7-10-11(8)12(3,4)9(2)13-10;/h5-7H,1-4H3;1H. The minimum absolute atomic E-state index is 0. The maximum Gasteiger partial charge on any atom is 0.0673 e. The normalized spacial score (nSPS) is 17.0. The van der Waals surface area contributed by atoms with Gasteiger partial charge in [0.15, 0.2) is 0 Å². The molecule has 0 bridgehead atoms. The second-order valence-corrected chi connectivity index (χ2v) is 4.29. The Labute approximate surface area is 103 Å². The maximum absolute atomic E-state index is 4.58. The summed E-state index contributed by atoms with van der Waals surface area (Å²) < 4.78 is 0. The molecule has 1 heterocycles. The Morgan fingerprint density at radius 2 is 1.79 bits per heavy atom. The van der Waals surface area contributed by atoms with Crippen LogP contribution in [0.3, 0.4) is 0 Å². The van der Waals surface area contributed by atoms with Crippen LogP contribution >= 0.6 is 24.0 Å². The van der Waals surface area contributed by atoms with Gasteiger partial charge in [-0.3, -0.25) is 4.99 Å². The number of hydrogen-bond acceptors (Lipinski definition) is 1. The molecule has 14 heavy (non-hydrogen) atoms. The molecule has 0 atom stereocenters. The zero-order chi connectivity index (χ0) is 9.64. The largest absolute Gasteiger partial charge is 0.257 e. The van der Waals surface area contributed by atoms with E-state index in [9.17, 15) is 0 Å². The highest BCUT2D eigenvalue weighted by molar-refractivity contribution is 14.0. The van der Waals surface area contributed by atoms with Crippen molar-refractivity contribution in [1.82, 2.24) is 0 Å². The van der Waals surface area contributed by atoms with E-state index in [2.05, 4.69) is 50.9 Å². The van der Waals surface area contributed by atoms with Gasteiger partial charge in [0.05, 0.1) is 5.69 Å². The fraction of sp³-hybridized carbons (Fsp3) is 0.417. The molecule has 2 heteroatoms. The van der Waals surface area contributed by atoms with Crippen LogP contribution in [0.15, 0.2) is 23.2 Å². The first-order valence-corrected chi connectivity index (χ1v) is 4.69. The average molecular weight is 301 g/mol. The molecule has 1 nitrogen and oxygen atoms in total. The Kier molecular flexibility index (Phi) is 3.04. The van der Waals surface area contributed by atoms with Gasteiger partial charge in [-0.05, 0) is 31.0 Å². The van der Waals surface area contributed by atoms with Crippen molar-refractivity contribution < 1.29 is 0 Å². The molecule has 0 amide bonds. The predicted molar refractivity (Wildman–Crippen MR) is 72.4 cm³/mol. The average Bonchev–Trinajstić information content (AvgIpc) is 2.24. The molecule has 1 aliphatic heterocycles. The molecule has 1 aliphatic rings. The van der Waals surface area contributed by atoms with Crippen LogP contribution in [0, 0.1) is 6.92 Å². The topological polar surface area (TPSA) is 12.4 Å². The summed E-state index contributed by atoms with van der Waals surface area (Å²) in [5.74, 6) is 0. The quantitative estimate of drug-likeness (QED) is 0.642. The van der Waals surface area contributed by atoms with E-state index in [1.54, 1.807) is 0 Å². The highest BCUT2D eigenvalue weighted by Gasteiger charge is 2.32. The van der Waals surface area contributed by atoms with Crippen molar-refractivity contribution in [2.24, 2.45) is 4.99 Å². The van der Waals surface area contributed by atoms with E-state index in [1.807, 2.05) is 0 Å². The van der Waals surface area contributed by atoms with E-state index < -0.39 is 0 Å². The molecule has 1 aromatic rings. The molecule has 0 fully saturated rings. The zero-order valence-corrected chi connectivity index (χ0v) is 11.4. The first-order valence-electron chi connectivity index (χ1n) is 4.69. The van der Waals surface area contributed by atoms with Gasteiger partial charge in [-0.15, -0.1) is 24.0 Å². The van der Waals surface area contributed by atoms with Gasteiger partial charge in [0.25, 0.3) is 0 Å².